The Bertz CT molecular complexity index is 2920. The van der Waals surface area contributed by atoms with Gasteiger partial charge in [0.15, 0.2) is 5.78 Å². The van der Waals surface area contributed by atoms with Gasteiger partial charge in [-0.15, -0.1) is 0 Å². The SMILES string of the molecule is CC1(C)CCC(C)(C)c2c(N3CCN(CCC(=O)O)CC3)cc(C(=O)C=Cc3ccc(C(=O)OC(=O)c4ccc(C#CC(O)c5cc(N6CCN(CCC(=O)O)CC6)c6c(c5)C(C)(C)CCC6(C)C)cc4)cc3)cc21. The number of carbonyl (C=O) groups excluding carboxylic acids is 3. The minimum absolute atomic E-state index is 0.0756. The van der Waals surface area contributed by atoms with E-state index in [1.165, 1.54) is 34.4 Å². The molecular formula is C62H74N4O9. The Morgan fingerprint density at radius 1 is 0.573 bits per heavy atom. The zero-order chi connectivity index (χ0) is 54.0. The second kappa shape index (κ2) is 21.9. The zero-order valence-electron chi connectivity index (χ0n) is 45.1. The van der Waals surface area contributed by atoms with Gasteiger partial charge < -0.3 is 29.9 Å². The molecule has 2 aliphatic carbocycles. The summed E-state index contributed by atoms with van der Waals surface area (Å²) in [6.45, 7) is 25.1. The standard InChI is InChI=1S/C62H74N4O9/c1-59(2)23-25-61(5,6)55-47(59)37-45(39-49(55)65-33-29-63(30-34-65)27-21-53(69)70)51(67)19-13-41-9-15-43(16-10-41)57(73)75-58(74)44-17-11-42(12-18-44)14-20-52(68)46-38-48-56(62(7,8)26-24-60(48,3)4)50(40-46)66-35-31-64(32-36-66)28-22-54(71)72/h9-13,15-19,37-40,52,68H,21-36H2,1-8H3,(H,69,70)(H,71,72). The molecule has 75 heavy (non-hydrogen) atoms. The van der Waals surface area contributed by atoms with Crippen molar-refractivity contribution in [3.05, 3.63) is 135 Å². The number of carboxylic acids is 2. The zero-order valence-corrected chi connectivity index (χ0v) is 45.1. The van der Waals surface area contributed by atoms with E-state index in [0.717, 1.165) is 89.4 Å². The second-order valence-electron chi connectivity index (χ2n) is 23.6. The molecule has 13 heteroatoms. The van der Waals surface area contributed by atoms with Crippen molar-refractivity contribution in [2.45, 2.75) is 122 Å². The molecule has 2 saturated heterocycles. The van der Waals surface area contributed by atoms with Crippen LogP contribution < -0.4 is 9.80 Å². The lowest BCUT2D eigenvalue weighted by molar-refractivity contribution is -0.138. The highest BCUT2D eigenvalue weighted by Gasteiger charge is 2.42. The molecule has 0 spiro atoms. The van der Waals surface area contributed by atoms with Crippen LogP contribution in [0, 0.1) is 11.8 Å². The van der Waals surface area contributed by atoms with E-state index >= 15 is 0 Å². The molecule has 4 aromatic carbocycles. The fraction of sp³-hybridized carbons (Fsp3) is 0.468. The Morgan fingerprint density at radius 2 is 1.01 bits per heavy atom. The van der Waals surface area contributed by atoms with Crippen molar-refractivity contribution >= 4 is 47.1 Å². The summed E-state index contributed by atoms with van der Waals surface area (Å²) < 4.78 is 5.26. The molecule has 0 radical (unpaired) electrons. The van der Waals surface area contributed by atoms with Crippen molar-refractivity contribution in [2.24, 2.45) is 0 Å². The summed E-state index contributed by atoms with van der Waals surface area (Å²) in [6.07, 6.45) is 6.46. The van der Waals surface area contributed by atoms with E-state index in [9.17, 15) is 39.3 Å². The predicted octanol–water partition coefficient (Wildman–Crippen LogP) is 9.56. The number of aliphatic carboxylic acids is 2. The van der Waals surface area contributed by atoms with Crippen molar-refractivity contribution in [2.75, 3.05) is 75.2 Å². The highest BCUT2D eigenvalue weighted by molar-refractivity contribution is 6.08. The maximum atomic E-state index is 14.0. The van der Waals surface area contributed by atoms with Gasteiger partial charge in [-0.3, -0.25) is 24.2 Å². The van der Waals surface area contributed by atoms with Gasteiger partial charge in [-0.25, -0.2) is 9.59 Å². The second-order valence-corrected chi connectivity index (χ2v) is 23.6. The van der Waals surface area contributed by atoms with Crippen molar-refractivity contribution in [3.63, 3.8) is 0 Å². The van der Waals surface area contributed by atoms with E-state index < -0.39 is 30.0 Å². The quantitative estimate of drug-likeness (QED) is 0.0360. The molecule has 13 nitrogen and oxygen atoms in total. The average Bonchev–Trinajstić information content (AvgIpc) is 3.38. The van der Waals surface area contributed by atoms with Crippen molar-refractivity contribution in [3.8, 4) is 11.8 Å². The number of fused-ring (bicyclic) bond motifs is 2. The third-order valence-corrected chi connectivity index (χ3v) is 16.4. The monoisotopic (exact) mass is 1020 g/mol. The number of rotatable bonds is 14. The first-order chi connectivity index (χ1) is 35.4. The minimum Gasteiger partial charge on any atom is -0.481 e. The molecule has 1 unspecified atom stereocenters. The summed E-state index contributed by atoms with van der Waals surface area (Å²) in [4.78, 5) is 71.8. The lowest BCUT2D eigenvalue weighted by Crippen LogP contribution is -2.48. The Hall–Kier alpha value is -6.59. The number of aliphatic hydroxyl groups excluding tert-OH is 1. The van der Waals surface area contributed by atoms with E-state index in [1.54, 1.807) is 48.6 Å². The Kier molecular flexibility index (Phi) is 16.0. The number of ether oxygens (including phenoxy) is 1. The van der Waals surface area contributed by atoms with E-state index in [-0.39, 0.29) is 51.4 Å². The molecule has 4 aliphatic rings. The molecule has 8 rings (SSSR count). The number of piperazine rings is 2. The molecule has 2 aliphatic heterocycles. The van der Waals surface area contributed by atoms with E-state index in [1.807, 2.05) is 6.07 Å². The van der Waals surface area contributed by atoms with Crippen LogP contribution >= 0.6 is 0 Å². The Labute approximate surface area is 442 Å². The largest absolute Gasteiger partial charge is 0.481 e. The lowest BCUT2D eigenvalue weighted by Gasteiger charge is -2.46. The molecule has 0 bridgehead atoms. The van der Waals surface area contributed by atoms with Gasteiger partial charge in [0.25, 0.3) is 0 Å². The third-order valence-electron chi connectivity index (χ3n) is 16.4. The van der Waals surface area contributed by atoms with Gasteiger partial charge in [0.2, 0.25) is 0 Å². The number of carbonyl (C=O) groups is 5. The van der Waals surface area contributed by atoms with Gasteiger partial charge in [0.05, 0.1) is 24.0 Å². The number of anilines is 2. The van der Waals surface area contributed by atoms with Crippen LogP contribution in [0.1, 0.15) is 170 Å². The third kappa shape index (κ3) is 12.6. The summed E-state index contributed by atoms with van der Waals surface area (Å²) in [6, 6.07) is 21.1. The summed E-state index contributed by atoms with van der Waals surface area (Å²) in [5.74, 6) is 2.71. The van der Waals surface area contributed by atoms with E-state index in [2.05, 4.69) is 105 Å². The molecular weight excluding hydrogens is 945 g/mol. The Morgan fingerprint density at radius 3 is 1.49 bits per heavy atom. The number of benzene rings is 4. The fourth-order valence-corrected chi connectivity index (χ4v) is 11.4. The smallest absolute Gasteiger partial charge is 0.346 e. The van der Waals surface area contributed by atoms with Crippen LogP contribution in [0.5, 0.6) is 0 Å². The average molecular weight is 1020 g/mol. The van der Waals surface area contributed by atoms with Crippen molar-refractivity contribution in [1.82, 2.24) is 9.80 Å². The number of nitrogens with zero attached hydrogens (tertiary/aromatic N) is 4. The van der Waals surface area contributed by atoms with Gasteiger partial charge in [-0.05, 0) is 141 Å². The highest BCUT2D eigenvalue weighted by Crippen LogP contribution is 2.52. The van der Waals surface area contributed by atoms with Crippen LogP contribution in [0.15, 0.2) is 78.9 Å². The maximum absolute atomic E-state index is 14.0. The molecule has 396 valence electrons. The van der Waals surface area contributed by atoms with Crippen LogP contribution in [0.25, 0.3) is 6.08 Å². The van der Waals surface area contributed by atoms with Gasteiger partial charge in [0.1, 0.15) is 6.10 Å². The number of aliphatic hydroxyl groups is 1. The molecule has 2 fully saturated rings. The summed E-state index contributed by atoms with van der Waals surface area (Å²) in [7, 11) is 0. The molecule has 3 N–H and O–H groups in total. The van der Waals surface area contributed by atoms with Crippen LogP contribution in [0.3, 0.4) is 0 Å². The number of hydrogen-bond acceptors (Lipinski definition) is 11. The van der Waals surface area contributed by atoms with Gasteiger partial charge in [0, 0.05) is 87.9 Å². The summed E-state index contributed by atoms with van der Waals surface area (Å²) in [5.41, 5.74) is 9.64. The van der Waals surface area contributed by atoms with Crippen LogP contribution in [-0.2, 0) is 36.0 Å². The number of carboxylic acid groups (broad SMARTS) is 2. The van der Waals surface area contributed by atoms with Gasteiger partial charge >= 0.3 is 23.9 Å². The van der Waals surface area contributed by atoms with Crippen molar-refractivity contribution in [1.29, 1.82) is 0 Å². The minimum atomic E-state index is -1.09. The first-order valence-electron chi connectivity index (χ1n) is 26.6. The molecule has 2 heterocycles. The molecule has 0 aromatic heterocycles. The van der Waals surface area contributed by atoms with Crippen LogP contribution in [0.2, 0.25) is 0 Å². The van der Waals surface area contributed by atoms with Crippen LogP contribution in [-0.4, -0.2) is 120 Å². The topological polar surface area (TPSA) is 168 Å². The van der Waals surface area contributed by atoms with Gasteiger partial charge in [-0.1, -0.05) is 91.5 Å². The van der Waals surface area contributed by atoms with Crippen molar-refractivity contribution < 1.29 is 44.0 Å². The summed E-state index contributed by atoms with van der Waals surface area (Å²) in [5, 5.41) is 30.0. The van der Waals surface area contributed by atoms with Gasteiger partial charge in [-0.2, -0.15) is 0 Å². The van der Waals surface area contributed by atoms with E-state index in [4.69, 9.17) is 4.74 Å². The molecule has 0 saturated carbocycles. The number of ketones is 1. The number of hydrogen-bond donors (Lipinski definition) is 3. The van der Waals surface area contributed by atoms with E-state index in [0.29, 0.717) is 35.3 Å². The highest BCUT2D eigenvalue weighted by atomic mass is 16.6. The Balaban J connectivity index is 0.908. The molecule has 4 aromatic rings. The first-order valence-corrected chi connectivity index (χ1v) is 26.6. The molecule has 1 atom stereocenters. The maximum Gasteiger partial charge on any atom is 0.346 e. The lowest BCUT2D eigenvalue weighted by atomic mass is 9.62. The first kappa shape index (κ1) is 54.7. The number of allylic oxidation sites excluding steroid dienone is 1. The van der Waals surface area contributed by atoms with Crippen LogP contribution in [0.4, 0.5) is 11.4 Å². The molecule has 0 amide bonds. The summed E-state index contributed by atoms with van der Waals surface area (Å²) >= 11 is 0. The fourth-order valence-electron chi connectivity index (χ4n) is 11.4. The number of esters is 2. The predicted molar refractivity (Wildman–Crippen MR) is 293 cm³/mol. The normalized spacial score (nSPS) is 19.3.